The Labute approximate surface area is 178 Å². The van der Waals surface area contributed by atoms with E-state index in [-0.39, 0.29) is 17.3 Å². The van der Waals surface area contributed by atoms with E-state index in [4.69, 9.17) is 25.8 Å². The normalized spacial score (nSPS) is 13.7. The van der Waals surface area contributed by atoms with Gasteiger partial charge in [0.15, 0.2) is 5.76 Å². The number of esters is 1. The monoisotopic (exact) mass is 420 g/mol. The Balaban J connectivity index is 1.61. The molecule has 1 heterocycles. The number of allylic oxidation sites excluding steroid dienone is 1. The van der Waals surface area contributed by atoms with Gasteiger partial charge >= 0.3 is 5.97 Å². The number of halogens is 1. The van der Waals surface area contributed by atoms with Gasteiger partial charge in [-0.2, -0.15) is 0 Å². The fraction of sp³-hybridized carbons (Fsp3) is 0.0833. The molecule has 0 unspecified atom stereocenters. The summed E-state index contributed by atoms with van der Waals surface area (Å²) in [7, 11) is 1.58. The number of hydrogen-bond acceptors (Lipinski definition) is 5. The van der Waals surface area contributed by atoms with Crippen molar-refractivity contribution in [3.05, 3.63) is 93.7 Å². The molecule has 4 rings (SSSR count). The summed E-state index contributed by atoms with van der Waals surface area (Å²) in [6.45, 7) is 1.77. The van der Waals surface area contributed by atoms with Gasteiger partial charge in [0, 0.05) is 11.1 Å². The van der Waals surface area contributed by atoms with Crippen LogP contribution in [0.1, 0.15) is 31.8 Å². The standard InChI is InChI=1S/C24H17ClO5/c1-14-9-19(29-24(27)16-6-4-7-17(25)12-16)13-20-22(14)23(26)21(30-20)11-15-5-3-8-18(10-15)28-2/h3-13H,1-2H3/b21-11-. The number of Topliss-reactive ketones (excluding diaryl/α,β-unsaturated/α-hetero) is 1. The van der Waals surface area contributed by atoms with Crippen LogP contribution in [0.15, 0.2) is 66.4 Å². The second-order valence-electron chi connectivity index (χ2n) is 6.73. The minimum absolute atomic E-state index is 0.194. The maximum Gasteiger partial charge on any atom is 0.343 e. The molecule has 0 atom stereocenters. The topological polar surface area (TPSA) is 61.8 Å². The fourth-order valence-corrected chi connectivity index (χ4v) is 3.39. The summed E-state index contributed by atoms with van der Waals surface area (Å²) in [6, 6.07) is 17.0. The van der Waals surface area contributed by atoms with Crippen molar-refractivity contribution in [3.8, 4) is 17.2 Å². The highest BCUT2D eigenvalue weighted by atomic mass is 35.5. The predicted molar refractivity (Wildman–Crippen MR) is 114 cm³/mol. The van der Waals surface area contributed by atoms with Crippen LogP contribution in [0.3, 0.4) is 0 Å². The van der Waals surface area contributed by atoms with Crippen molar-refractivity contribution >= 4 is 29.4 Å². The third-order valence-electron chi connectivity index (χ3n) is 4.61. The number of rotatable bonds is 4. The molecule has 0 saturated heterocycles. The summed E-state index contributed by atoms with van der Waals surface area (Å²) in [4.78, 5) is 25.2. The van der Waals surface area contributed by atoms with Crippen LogP contribution in [0, 0.1) is 6.92 Å². The number of carbonyl (C=O) groups is 2. The fourth-order valence-electron chi connectivity index (χ4n) is 3.20. The van der Waals surface area contributed by atoms with E-state index in [0.29, 0.717) is 33.2 Å². The van der Waals surface area contributed by atoms with Gasteiger partial charge in [-0.05, 0) is 60.5 Å². The van der Waals surface area contributed by atoms with Gasteiger partial charge in [-0.1, -0.05) is 29.8 Å². The molecule has 0 aliphatic carbocycles. The molecule has 3 aromatic carbocycles. The Kier molecular flexibility index (Phi) is 5.29. The molecule has 5 nitrogen and oxygen atoms in total. The smallest absolute Gasteiger partial charge is 0.343 e. The number of benzene rings is 3. The van der Waals surface area contributed by atoms with Crippen LogP contribution < -0.4 is 14.2 Å². The summed E-state index contributed by atoms with van der Waals surface area (Å²) < 4.78 is 16.5. The molecule has 150 valence electrons. The molecule has 1 aliphatic rings. The Morgan fingerprint density at radius 2 is 1.83 bits per heavy atom. The largest absolute Gasteiger partial charge is 0.497 e. The van der Waals surface area contributed by atoms with E-state index in [2.05, 4.69) is 0 Å². The summed E-state index contributed by atoms with van der Waals surface area (Å²) in [6.07, 6.45) is 1.65. The minimum atomic E-state index is -0.548. The summed E-state index contributed by atoms with van der Waals surface area (Å²) >= 11 is 5.93. The van der Waals surface area contributed by atoms with Crippen molar-refractivity contribution in [2.24, 2.45) is 0 Å². The molecule has 1 aliphatic heterocycles. The van der Waals surface area contributed by atoms with Gasteiger partial charge in [-0.3, -0.25) is 4.79 Å². The molecule has 0 aromatic heterocycles. The molecule has 6 heteroatoms. The summed E-state index contributed by atoms with van der Waals surface area (Å²) in [5.74, 6) is 0.736. The van der Waals surface area contributed by atoms with Crippen LogP contribution in [0.25, 0.3) is 6.08 Å². The van der Waals surface area contributed by atoms with Crippen molar-refractivity contribution in [1.29, 1.82) is 0 Å². The van der Waals surface area contributed by atoms with E-state index in [1.165, 1.54) is 12.1 Å². The van der Waals surface area contributed by atoms with E-state index < -0.39 is 5.97 Å². The van der Waals surface area contributed by atoms with Crippen molar-refractivity contribution in [3.63, 3.8) is 0 Å². The molecule has 0 radical (unpaired) electrons. The first-order valence-corrected chi connectivity index (χ1v) is 9.53. The SMILES string of the molecule is COc1cccc(/C=C2\Oc3cc(OC(=O)c4cccc(Cl)c4)cc(C)c3C2=O)c1. The molecule has 0 saturated carbocycles. The lowest BCUT2D eigenvalue weighted by Gasteiger charge is -2.08. The van der Waals surface area contributed by atoms with Gasteiger partial charge < -0.3 is 14.2 Å². The summed E-state index contributed by atoms with van der Waals surface area (Å²) in [5.41, 5.74) is 2.21. The zero-order valence-corrected chi connectivity index (χ0v) is 17.0. The third kappa shape index (κ3) is 3.93. The van der Waals surface area contributed by atoms with E-state index in [1.807, 2.05) is 18.2 Å². The first-order valence-electron chi connectivity index (χ1n) is 9.15. The van der Waals surface area contributed by atoms with Gasteiger partial charge in [0.25, 0.3) is 0 Å². The molecule has 0 amide bonds. The lowest BCUT2D eigenvalue weighted by atomic mass is 10.0. The zero-order chi connectivity index (χ0) is 21.3. The Morgan fingerprint density at radius 1 is 1.03 bits per heavy atom. The molecule has 0 fully saturated rings. The minimum Gasteiger partial charge on any atom is -0.497 e. The average molecular weight is 421 g/mol. The van der Waals surface area contributed by atoms with Crippen LogP contribution in [0.5, 0.6) is 17.2 Å². The van der Waals surface area contributed by atoms with Crippen LogP contribution in [0.2, 0.25) is 5.02 Å². The molecule has 0 spiro atoms. The number of carbonyl (C=O) groups excluding carboxylic acids is 2. The maximum atomic E-state index is 12.8. The van der Waals surface area contributed by atoms with Gasteiger partial charge in [0.2, 0.25) is 5.78 Å². The van der Waals surface area contributed by atoms with Crippen molar-refractivity contribution in [2.75, 3.05) is 7.11 Å². The Hall–Kier alpha value is -3.57. The van der Waals surface area contributed by atoms with Crippen molar-refractivity contribution in [1.82, 2.24) is 0 Å². The van der Waals surface area contributed by atoms with Crippen molar-refractivity contribution < 1.29 is 23.8 Å². The highest BCUT2D eigenvalue weighted by Crippen LogP contribution is 2.38. The van der Waals surface area contributed by atoms with Crippen LogP contribution >= 0.6 is 11.6 Å². The average Bonchev–Trinajstić information content (AvgIpc) is 3.03. The predicted octanol–water partition coefficient (Wildman–Crippen LogP) is 5.49. The number of methoxy groups -OCH3 is 1. The highest BCUT2D eigenvalue weighted by molar-refractivity contribution is 6.30. The van der Waals surface area contributed by atoms with E-state index in [0.717, 1.165) is 5.56 Å². The molecule has 3 aromatic rings. The number of hydrogen-bond donors (Lipinski definition) is 0. The van der Waals surface area contributed by atoms with Gasteiger partial charge in [0.05, 0.1) is 18.2 Å². The molecule has 0 bridgehead atoms. The second-order valence-corrected chi connectivity index (χ2v) is 7.17. The maximum absolute atomic E-state index is 12.8. The highest BCUT2D eigenvalue weighted by Gasteiger charge is 2.30. The van der Waals surface area contributed by atoms with Crippen LogP contribution in [-0.2, 0) is 0 Å². The molecule has 30 heavy (non-hydrogen) atoms. The third-order valence-corrected chi connectivity index (χ3v) is 4.84. The van der Waals surface area contributed by atoms with Crippen molar-refractivity contribution in [2.45, 2.75) is 6.92 Å². The lowest BCUT2D eigenvalue weighted by molar-refractivity contribution is 0.0734. The lowest BCUT2D eigenvalue weighted by Crippen LogP contribution is -2.08. The van der Waals surface area contributed by atoms with Crippen LogP contribution in [0.4, 0.5) is 0 Å². The second kappa shape index (κ2) is 8.05. The molecular weight excluding hydrogens is 404 g/mol. The number of fused-ring (bicyclic) bond motifs is 1. The number of aryl methyl sites for hydroxylation is 1. The van der Waals surface area contributed by atoms with Gasteiger partial charge in [0.1, 0.15) is 17.2 Å². The van der Waals surface area contributed by atoms with E-state index >= 15 is 0 Å². The van der Waals surface area contributed by atoms with Crippen LogP contribution in [-0.4, -0.2) is 18.9 Å². The summed E-state index contributed by atoms with van der Waals surface area (Å²) in [5, 5.41) is 0.441. The first-order chi connectivity index (χ1) is 14.4. The number of ketones is 1. The Morgan fingerprint density at radius 3 is 2.60 bits per heavy atom. The molecule has 0 N–H and O–H groups in total. The molecular formula is C24H17ClO5. The Bertz CT molecular complexity index is 1200. The zero-order valence-electron chi connectivity index (χ0n) is 16.3. The number of ether oxygens (including phenoxy) is 3. The first kappa shape index (κ1) is 19.7. The quantitative estimate of drug-likeness (QED) is 0.317. The van der Waals surface area contributed by atoms with Gasteiger partial charge in [-0.15, -0.1) is 0 Å². The van der Waals surface area contributed by atoms with E-state index in [9.17, 15) is 9.59 Å². The van der Waals surface area contributed by atoms with Gasteiger partial charge in [-0.25, -0.2) is 4.79 Å². The van der Waals surface area contributed by atoms with E-state index in [1.54, 1.807) is 50.4 Å².